The zero-order chi connectivity index (χ0) is 12.5. The summed E-state index contributed by atoms with van der Waals surface area (Å²) in [7, 11) is 1.66. The van der Waals surface area contributed by atoms with Crippen LogP contribution in [-0.2, 0) is 6.42 Å². The van der Waals surface area contributed by atoms with Crippen LogP contribution in [0.25, 0.3) is 0 Å². The first-order valence-corrected chi connectivity index (χ1v) is 5.39. The van der Waals surface area contributed by atoms with E-state index in [9.17, 15) is 4.39 Å². The van der Waals surface area contributed by atoms with Crippen LogP contribution in [0.2, 0.25) is 0 Å². The van der Waals surface area contributed by atoms with Gasteiger partial charge in [-0.3, -0.25) is 4.99 Å². The maximum atomic E-state index is 13.3. The zero-order valence-corrected chi connectivity index (χ0v) is 9.83. The number of nitrogens with zero attached hydrogens (tertiary/aromatic N) is 1. The molecule has 17 heavy (non-hydrogen) atoms. The van der Waals surface area contributed by atoms with Crippen molar-refractivity contribution in [2.24, 2.45) is 4.99 Å². The lowest BCUT2D eigenvalue weighted by Crippen LogP contribution is -2.38. The molecular weight excluding hydrogens is 217 g/mol. The fraction of sp³-hybridized carbons (Fsp3) is 0.308. The first-order chi connectivity index (χ1) is 8.27. The highest BCUT2D eigenvalue weighted by atomic mass is 19.1. The smallest absolute Gasteiger partial charge is 0.191 e. The molecule has 0 unspecified atom stereocenters. The molecule has 1 aromatic carbocycles. The number of hydrogen-bond acceptors (Lipinski definition) is 1. The van der Waals surface area contributed by atoms with Crippen molar-refractivity contribution in [3.05, 3.63) is 35.6 Å². The average Bonchev–Trinajstić information content (AvgIpc) is 2.35. The number of rotatable bonds is 4. The van der Waals surface area contributed by atoms with Crippen molar-refractivity contribution < 1.29 is 4.39 Å². The number of terminal acetylenes is 1. The molecule has 0 bridgehead atoms. The van der Waals surface area contributed by atoms with Crippen molar-refractivity contribution in [2.75, 3.05) is 20.1 Å². The Balaban J connectivity index is 2.37. The summed E-state index contributed by atoms with van der Waals surface area (Å²) < 4.78 is 13.3. The molecule has 2 N–H and O–H groups in total. The number of aliphatic imine (C=N–C) groups is 1. The van der Waals surface area contributed by atoms with E-state index in [2.05, 4.69) is 21.5 Å². The van der Waals surface area contributed by atoms with Gasteiger partial charge in [-0.15, -0.1) is 6.42 Å². The Morgan fingerprint density at radius 1 is 1.41 bits per heavy atom. The largest absolute Gasteiger partial charge is 0.356 e. The van der Waals surface area contributed by atoms with Gasteiger partial charge in [0, 0.05) is 13.6 Å². The van der Waals surface area contributed by atoms with Crippen LogP contribution in [0.1, 0.15) is 5.56 Å². The Kier molecular flexibility index (Phi) is 5.59. The lowest BCUT2D eigenvalue weighted by molar-refractivity contribution is 0.607. The third kappa shape index (κ3) is 4.56. The van der Waals surface area contributed by atoms with Gasteiger partial charge in [0.15, 0.2) is 5.96 Å². The van der Waals surface area contributed by atoms with E-state index in [0.717, 1.165) is 0 Å². The van der Waals surface area contributed by atoms with E-state index in [1.54, 1.807) is 19.2 Å². The second-order valence-electron chi connectivity index (χ2n) is 3.40. The standard InChI is InChI=1S/C13H16FN3/c1-3-9-16-13(15-2)17-10-8-11-6-4-5-7-12(11)14/h1,4-7H,8-10H2,2H3,(H2,15,16,17). The highest BCUT2D eigenvalue weighted by molar-refractivity contribution is 5.79. The Bertz CT molecular complexity index is 421. The van der Waals surface area contributed by atoms with E-state index in [0.29, 0.717) is 31.0 Å². The predicted octanol–water partition coefficient (Wildman–Crippen LogP) is 1.17. The van der Waals surface area contributed by atoms with Gasteiger partial charge >= 0.3 is 0 Å². The lowest BCUT2D eigenvalue weighted by atomic mass is 10.1. The molecule has 0 aliphatic rings. The van der Waals surface area contributed by atoms with Gasteiger partial charge in [-0.05, 0) is 18.1 Å². The minimum Gasteiger partial charge on any atom is -0.356 e. The summed E-state index contributed by atoms with van der Waals surface area (Å²) in [6, 6.07) is 6.74. The molecule has 0 fully saturated rings. The van der Waals surface area contributed by atoms with Crippen molar-refractivity contribution in [2.45, 2.75) is 6.42 Å². The number of guanidine groups is 1. The Morgan fingerprint density at radius 2 is 2.18 bits per heavy atom. The van der Waals surface area contributed by atoms with E-state index in [-0.39, 0.29) is 5.82 Å². The number of nitrogens with one attached hydrogen (secondary N) is 2. The molecule has 1 aromatic rings. The Hall–Kier alpha value is -2.02. The van der Waals surface area contributed by atoms with Crippen LogP contribution in [0.5, 0.6) is 0 Å². The molecule has 0 aromatic heterocycles. The second kappa shape index (κ2) is 7.29. The normalized spacial score (nSPS) is 10.8. The lowest BCUT2D eigenvalue weighted by Gasteiger charge is -2.10. The minimum atomic E-state index is -0.180. The summed E-state index contributed by atoms with van der Waals surface area (Å²) in [5.41, 5.74) is 0.687. The molecule has 4 heteroatoms. The van der Waals surface area contributed by atoms with E-state index < -0.39 is 0 Å². The van der Waals surface area contributed by atoms with Crippen LogP contribution in [0.15, 0.2) is 29.3 Å². The van der Waals surface area contributed by atoms with Crippen LogP contribution < -0.4 is 10.6 Å². The molecule has 0 amide bonds. The average molecular weight is 233 g/mol. The number of hydrogen-bond donors (Lipinski definition) is 2. The molecule has 0 aliphatic heterocycles. The van der Waals surface area contributed by atoms with Gasteiger partial charge in [0.2, 0.25) is 0 Å². The predicted molar refractivity (Wildman–Crippen MR) is 68.3 cm³/mol. The van der Waals surface area contributed by atoms with E-state index in [4.69, 9.17) is 6.42 Å². The maximum absolute atomic E-state index is 13.3. The summed E-state index contributed by atoms with van der Waals surface area (Å²) in [4.78, 5) is 3.98. The van der Waals surface area contributed by atoms with Crippen molar-refractivity contribution in [1.82, 2.24) is 10.6 Å². The third-order valence-corrected chi connectivity index (χ3v) is 2.23. The highest BCUT2D eigenvalue weighted by Gasteiger charge is 2.00. The fourth-order valence-corrected chi connectivity index (χ4v) is 1.37. The molecule has 90 valence electrons. The monoisotopic (exact) mass is 233 g/mol. The fourth-order valence-electron chi connectivity index (χ4n) is 1.37. The molecular formula is C13H16FN3. The van der Waals surface area contributed by atoms with Gasteiger partial charge in [-0.25, -0.2) is 4.39 Å². The molecule has 0 saturated carbocycles. The van der Waals surface area contributed by atoms with Crippen LogP contribution >= 0.6 is 0 Å². The van der Waals surface area contributed by atoms with Crippen LogP contribution in [0.3, 0.4) is 0 Å². The van der Waals surface area contributed by atoms with Crippen LogP contribution in [-0.4, -0.2) is 26.1 Å². The maximum Gasteiger partial charge on any atom is 0.191 e. The first-order valence-electron chi connectivity index (χ1n) is 5.39. The summed E-state index contributed by atoms with van der Waals surface area (Å²) in [6.45, 7) is 1.02. The van der Waals surface area contributed by atoms with Crippen molar-refractivity contribution in [1.29, 1.82) is 0 Å². The van der Waals surface area contributed by atoms with Gasteiger partial charge in [0.1, 0.15) is 5.82 Å². The Morgan fingerprint density at radius 3 is 2.82 bits per heavy atom. The van der Waals surface area contributed by atoms with Crippen LogP contribution in [0, 0.1) is 18.2 Å². The SMILES string of the molecule is C#CCNC(=NC)NCCc1ccccc1F. The highest BCUT2D eigenvalue weighted by Crippen LogP contribution is 2.05. The molecule has 0 saturated heterocycles. The third-order valence-electron chi connectivity index (χ3n) is 2.23. The van der Waals surface area contributed by atoms with Crippen LogP contribution in [0.4, 0.5) is 4.39 Å². The van der Waals surface area contributed by atoms with Crippen molar-refractivity contribution in [3.8, 4) is 12.3 Å². The second-order valence-corrected chi connectivity index (χ2v) is 3.40. The molecule has 1 rings (SSSR count). The van der Waals surface area contributed by atoms with Gasteiger partial charge in [-0.1, -0.05) is 24.1 Å². The van der Waals surface area contributed by atoms with Gasteiger partial charge in [-0.2, -0.15) is 0 Å². The van der Waals surface area contributed by atoms with Gasteiger partial charge < -0.3 is 10.6 Å². The summed E-state index contributed by atoms with van der Waals surface area (Å²) >= 11 is 0. The summed E-state index contributed by atoms with van der Waals surface area (Å²) in [6.07, 6.45) is 5.73. The number of benzene rings is 1. The quantitative estimate of drug-likeness (QED) is 0.465. The number of halogens is 1. The van der Waals surface area contributed by atoms with E-state index in [1.807, 2.05) is 6.07 Å². The molecule has 0 atom stereocenters. The Labute approximate surface area is 101 Å². The molecule has 0 heterocycles. The zero-order valence-electron chi connectivity index (χ0n) is 9.83. The van der Waals surface area contributed by atoms with Gasteiger partial charge in [0.25, 0.3) is 0 Å². The van der Waals surface area contributed by atoms with E-state index >= 15 is 0 Å². The topological polar surface area (TPSA) is 36.4 Å². The van der Waals surface area contributed by atoms with E-state index in [1.165, 1.54) is 6.07 Å². The van der Waals surface area contributed by atoms with Crippen molar-refractivity contribution in [3.63, 3.8) is 0 Å². The summed E-state index contributed by atoms with van der Waals surface area (Å²) in [5.74, 6) is 2.90. The molecule has 0 radical (unpaired) electrons. The molecule has 0 spiro atoms. The van der Waals surface area contributed by atoms with Gasteiger partial charge in [0.05, 0.1) is 6.54 Å². The molecule has 3 nitrogen and oxygen atoms in total. The molecule has 0 aliphatic carbocycles. The summed E-state index contributed by atoms with van der Waals surface area (Å²) in [5, 5.41) is 5.99. The first kappa shape index (κ1) is 13.0. The van der Waals surface area contributed by atoms with Crippen molar-refractivity contribution >= 4 is 5.96 Å². The minimum absolute atomic E-state index is 0.180.